The zero-order chi connectivity index (χ0) is 19.2. The lowest BCUT2D eigenvalue weighted by Crippen LogP contribution is -2.02. The molecule has 0 aliphatic carbocycles. The van der Waals surface area contributed by atoms with Crippen molar-refractivity contribution >= 4 is 46.9 Å². The number of benzene rings is 3. The lowest BCUT2D eigenvalue weighted by molar-refractivity contribution is -0.107. The third kappa shape index (κ3) is 5.19. The van der Waals surface area contributed by atoms with Gasteiger partial charge in [0.1, 0.15) is 12.0 Å². The number of hydrogen-bond acceptors (Lipinski definition) is 4. The van der Waals surface area contributed by atoms with Crippen molar-refractivity contribution in [1.29, 1.82) is 0 Å². The molecular weight excluding hydrogens is 401 g/mol. The van der Waals surface area contributed by atoms with Crippen LogP contribution in [0, 0.1) is 0 Å². The summed E-state index contributed by atoms with van der Waals surface area (Å²) in [4.78, 5) is 13.0. The second kappa shape index (κ2) is 9.18. The van der Waals surface area contributed by atoms with Crippen LogP contribution in [0.15, 0.2) is 70.5 Å². The van der Waals surface area contributed by atoms with Crippen molar-refractivity contribution < 1.29 is 9.90 Å². The SMILES string of the molecule is O=CCc1cc(NCc2ccccc2Sc2cccc(Cl)c2)cc(Cl)c1O. The molecule has 6 heteroatoms. The molecule has 0 amide bonds. The van der Waals surface area contributed by atoms with E-state index in [0.717, 1.165) is 27.3 Å². The molecule has 0 radical (unpaired) electrons. The van der Waals surface area contributed by atoms with Gasteiger partial charge in [0.05, 0.1) is 5.02 Å². The van der Waals surface area contributed by atoms with E-state index >= 15 is 0 Å². The zero-order valence-corrected chi connectivity index (χ0v) is 16.6. The fourth-order valence-corrected chi connectivity index (χ4v) is 4.11. The first-order valence-electron chi connectivity index (χ1n) is 8.27. The third-order valence-corrected chi connectivity index (χ3v) is 5.56. The highest BCUT2D eigenvalue weighted by molar-refractivity contribution is 7.99. The summed E-state index contributed by atoms with van der Waals surface area (Å²) in [6, 6.07) is 19.2. The average Bonchev–Trinajstić information content (AvgIpc) is 2.65. The fraction of sp³-hybridized carbons (Fsp3) is 0.0952. The molecule has 0 atom stereocenters. The van der Waals surface area contributed by atoms with Gasteiger partial charge in [0.15, 0.2) is 0 Å². The van der Waals surface area contributed by atoms with Crippen LogP contribution in [0.3, 0.4) is 0 Å². The second-order valence-electron chi connectivity index (χ2n) is 5.86. The summed E-state index contributed by atoms with van der Waals surface area (Å²) in [7, 11) is 0. The van der Waals surface area contributed by atoms with Crippen molar-refractivity contribution in [1.82, 2.24) is 0 Å². The van der Waals surface area contributed by atoms with Gasteiger partial charge in [-0.15, -0.1) is 0 Å². The van der Waals surface area contributed by atoms with Crippen molar-refractivity contribution in [2.24, 2.45) is 0 Å². The lowest BCUT2D eigenvalue weighted by atomic mass is 10.1. The highest BCUT2D eigenvalue weighted by Gasteiger charge is 2.09. The number of aromatic hydroxyl groups is 1. The number of rotatable bonds is 7. The Morgan fingerprint density at radius 1 is 1.00 bits per heavy atom. The molecule has 0 aromatic heterocycles. The number of carbonyl (C=O) groups excluding carboxylic acids is 1. The summed E-state index contributed by atoms with van der Waals surface area (Å²) in [5, 5.41) is 14.2. The Balaban J connectivity index is 1.78. The Bertz CT molecular complexity index is 963. The zero-order valence-electron chi connectivity index (χ0n) is 14.3. The number of phenolic OH excluding ortho intramolecular Hbond substituents is 1. The number of carbonyl (C=O) groups is 1. The molecule has 27 heavy (non-hydrogen) atoms. The molecular formula is C21H17Cl2NO2S. The maximum Gasteiger partial charge on any atom is 0.137 e. The minimum absolute atomic E-state index is 0.0498. The van der Waals surface area contributed by atoms with Gasteiger partial charge >= 0.3 is 0 Å². The van der Waals surface area contributed by atoms with Gasteiger partial charge in [-0.3, -0.25) is 0 Å². The molecule has 0 aliphatic heterocycles. The molecule has 0 fully saturated rings. The van der Waals surface area contributed by atoms with Gasteiger partial charge < -0.3 is 15.2 Å². The summed E-state index contributed by atoms with van der Waals surface area (Å²) < 4.78 is 0. The molecule has 0 unspecified atom stereocenters. The molecule has 138 valence electrons. The highest BCUT2D eigenvalue weighted by Crippen LogP contribution is 2.34. The first kappa shape index (κ1) is 19.6. The van der Waals surface area contributed by atoms with E-state index in [1.165, 1.54) is 0 Å². The van der Waals surface area contributed by atoms with Crippen molar-refractivity contribution in [3.63, 3.8) is 0 Å². The predicted molar refractivity (Wildman–Crippen MR) is 112 cm³/mol. The molecule has 0 aliphatic rings. The first-order chi connectivity index (χ1) is 13.1. The Morgan fingerprint density at radius 3 is 2.59 bits per heavy atom. The molecule has 2 N–H and O–H groups in total. The quantitative estimate of drug-likeness (QED) is 0.354. The number of nitrogens with one attached hydrogen (secondary N) is 1. The van der Waals surface area contributed by atoms with Crippen LogP contribution in [-0.2, 0) is 17.8 Å². The van der Waals surface area contributed by atoms with Crippen LogP contribution < -0.4 is 5.32 Å². The van der Waals surface area contributed by atoms with Gasteiger partial charge in [-0.05, 0) is 42.0 Å². The topological polar surface area (TPSA) is 49.3 Å². The maximum absolute atomic E-state index is 10.8. The smallest absolute Gasteiger partial charge is 0.137 e. The van der Waals surface area contributed by atoms with E-state index in [2.05, 4.69) is 11.4 Å². The van der Waals surface area contributed by atoms with Gasteiger partial charge in [0.2, 0.25) is 0 Å². The van der Waals surface area contributed by atoms with Gasteiger partial charge in [-0.25, -0.2) is 0 Å². The fourth-order valence-electron chi connectivity index (χ4n) is 2.61. The highest BCUT2D eigenvalue weighted by atomic mass is 35.5. The second-order valence-corrected chi connectivity index (χ2v) is 7.82. The first-order valence-corrected chi connectivity index (χ1v) is 9.84. The number of phenols is 1. The largest absolute Gasteiger partial charge is 0.506 e. The van der Waals surface area contributed by atoms with Crippen LogP contribution in [0.5, 0.6) is 5.75 Å². The molecule has 3 nitrogen and oxygen atoms in total. The van der Waals surface area contributed by atoms with E-state index in [4.69, 9.17) is 23.2 Å². The minimum Gasteiger partial charge on any atom is -0.506 e. The van der Waals surface area contributed by atoms with E-state index in [1.807, 2.05) is 42.5 Å². The van der Waals surface area contributed by atoms with Crippen LogP contribution in [0.25, 0.3) is 0 Å². The van der Waals surface area contributed by atoms with E-state index in [9.17, 15) is 9.90 Å². The lowest BCUT2D eigenvalue weighted by Gasteiger charge is -2.13. The van der Waals surface area contributed by atoms with Crippen LogP contribution in [0.4, 0.5) is 5.69 Å². The molecule has 0 saturated heterocycles. The predicted octanol–water partition coefficient (Wildman–Crippen LogP) is 6.20. The van der Waals surface area contributed by atoms with Gasteiger partial charge in [-0.2, -0.15) is 0 Å². The Morgan fingerprint density at radius 2 is 1.81 bits per heavy atom. The van der Waals surface area contributed by atoms with E-state index in [0.29, 0.717) is 17.1 Å². The molecule has 3 aromatic carbocycles. The molecule has 0 spiro atoms. The van der Waals surface area contributed by atoms with Crippen LogP contribution in [0.2, 0.25) is 10.0 Å². The van der Waals surface area contributed by atoms with E-state index in [1.54, 1.807) is 23.9 Å². The summed E-state index contributed by atoms with van der Waals surface area (Å²) in [6.07, 6.45) is 0.856. The standard InChI is InChI=1S/C21H17Cl2NO2S/c22-16-5-3-6-18(11-16)27-20-7-2-1-4-15(20)13-24-17-10-14(8-9-25)21(26)19(23)12-17/h1-7,9-12,24,26H,8,13H2. The number of anilines is 1. The Hall–Kier alpha value is -2.14. The number of hydrogen-bond donors (Lipinski definition) is 2. The Kier molecular flexibility index (Phi) is 6.67. The van der Waals surface area contributed by atoms with Crippen molar-refractivity contribution in [3.05, 3.63) is 81.8 Å². The molecule has 3 rings (SSSR count). The summed E-state index contributed by atoms with van der Waals surface area (Å²) in [5.41, 5.74) is 2.36. The van der Waals surface area contributed by atoms with Crippen LogP contribution >= 0.6 is 35.0 Å². The van der Waals surface area contributed by atoms with Gasteiger partial charge in [0, 0.05) is 39.0 Å². The number of halogens is 2. The maximum atomic E-state index is 10.8. The van der Waals surface area contributed by atoms with Crippen molar-refractivity contribution in [2.75, 3.05) is 5.32 Å². The van der Waals surface area contributed by atoms with Crippen molar-refractivity contribution in [2.45, 2.75) is 22.8 Å². The molecule has 0 saturated carbocycles. The molecule has 0 bridgehead atoms. The van der Waals surface area contributed by atoms with E-state index < -0.39 is 0 Å². The van der Waals surface area contributed by atoms with E-state index in [-0.39, 0.29) is 17.2 Å². The van der Waals surface area contributed by atoms with Crippen LogP contribution in [0.1, 0.15) is 11.1 Å². The Labute approximate surface area is 172 Å². The van der Waals surface area contributed by atoms with Crippen molar-refractivity contribution in [3.8, 4) is 5.75 Å². The summed E-state index contributed by atoms with van der Waals surface area (Å²) >= 11 is 13.8. The molecule has 3 aromatic rings. The summed E-state index contributed by atoms with van der Waals surface area (Å²) in [6.45, 7) is 0.575. The third-order valence-electron chi connectivity index (χ3n) is 3.93. The normalized spacial score (nSPS) is 10.6. The molecule has 0 heterocycles. The monoisotopic (exact) mass is 417 g/mol. The van der Waals surface area contributed by atoms with Gasteiger partial charge in [-0.1, -0.05) is 59.2 Å². The minimum atomic E-state index is -0.0498. The number of aldehydes is 1. The van der Waals surface area contributed by atoms with Crippen LogP contribution in [-0.4, -0.2) is 11.4 Å². The summed E-state index contributed by atoms with van der Waals surface area (Å²) in [5.74, 6) is -0.0498. The van der Waals surface area contributed by atoms with Gasteiger partial charge in [0.25, 0.3) is 0 Å². The average molecular weight is 418 g/mol.